The van der Waals surface area contributed by atoms with Gasteiger partial charge >= 0.3 is 0 Å². The molecule has 6 aromatic rings. The van der Waals surface area contributed by atoms with Gasteiger partial charge in [0.05, 0.1) is 0 Å². The summed E-state index contributed by atoms with van der Waals surface area (Å²) in [5.41, 5.74) is 14.3. The molecule has 8 rings (SSSR count). The van der Waals surface area contributed by atoms with Crippen molar-refractivity contribution in [2.75, 3.05) is 0 Å². The van der Waals surface area contributed by atoms with Gasteiger partial charge in [0.25, 0.3) is 0 Å². The number of rotatable bonds is 3. The van der Waals surface area contributed by atoms with Crippen molar-refractivity contribution in [2.24, 2.45) is 0 Å². The fourth-order valence-corrected chi connectivity index (χ4v) is 6.55. The lowest BCUT2D eigenvalue weighted by Gasteiger charge is -2.09. The Bertz CT molecular complexity index is 1820. The Balaban J connectivity index is 0.000000125. The third-order valence-corrected chi connectivity index (χ3v) is 8.14. The molecule has 0 bridgehead atoms. The molecule has 6 aromatic carbocycles. The van der Waals surface area contributed by atoms with Crippen molar-refractivity contribution in [3.8, 4) is 44.5 Å². The van der Waals surface area contributed by atoms with Crippen molar-refractivity contribution in [3.63, 3.8) is 0 Å². The fraction of sp³-hybridized carbons (Fsp3) is 0.135. The van der Waals surface area contributed by atoms with Crippen LogP contribution in [0.4, 0.5) is 0 Å². The molecule has 37 heavy (non-hydrogen) atoms. The van der Waals surface area contributed by atoms with Gasteiger partial charge in [0.2, 0.25) is 0 Å². The van der Waals surface area contributed by atoms with Crippen LogP contribution in [0.2, 0.25) is 0 Å². The van der Waals surface area contributed by atoms with E-state index in [2.05, 4.69) is 123 Å². The van der Waals surface area contributed by atoms with Crippen LogP contribution in [0.15, 0.2) is 109 Å². The summed E-state index contributed by atoms with van der Waals surface area (Å²) in [7, 11) is 0. The first-order valence-electron chi connectivity index (χ1n) is 13.6. The minimum Gasteiger partial charge on any atom is -0.0651 e. The molecule has 0 heterocycles. The lowest BCUT2D eigenvalue weighted by atomic mass is 9.95. The molecule has 178 valence electrons. The van der Waals surface area contributed by atoms with E-state index < -0.39 is 0 Å². The molecular weight excluding hydrogens is 444 g/mol. The minimum atomic E-state index is 1.09. The van der Waals surface area contributed by atoms with Crippen LogP contribution < -0.4 is 0 Å². The molecule has 0 N–H and O–H groups in total. The standard InChI is InChI=1S/C19H16.C18H14/c1-2-6-13-11-12-14-7-5-10-17-15-8-3-4-9-16(15)18(13)19(14)17;1-2-12-10-11-13-6-5-9-16-14-7-3-4-8-15(14)17(12)18(13)16/h3-5,7-12H,2,6H2,1H3;3-11H,2H2,1H3. The van der Waals surface area contributed by atoms with Crippen molar-refractivity contribution >= 4 is 21.5 Å². The molecule has 2 aliphatic carbocycles. The zero-order valence-electron chi connectivity index (χ0n) is 21.5. The summed E-state index contributed by atoms with van der Waals surface area (Å²) in [6, 6.07) is 40.0. The van der Waals surface area contributed by atoms with E-state index in [0.717, 1.165) is 12.8 Å². The van der Waals surface area contributed by atoms with Crippen LogP contribution in [0.1, 0.15) is 31.4 Å². The zero-order chi connectivity index (χ0) is 24.9. The van der Waals surface area contributed by atoms with Gasteiger partial charge in [-0.15, -0.1) is 0 Å². The molecule has 0 atom stereocenters. The minimum absolute atomic E-state index is 1.09. The molecule has 0 nitrogen and oxygen atoms in total. The second-order valence-corrected chi connectivity index (χ2v) is 10.2. The van der Waals surface area contributed by atoms with Crippen LogP contribution in [0.3, 0.4) is 0 Å². The van der Waals surface area contributed by atoms with Crippen molar-refractivity contribution < 1.29 is 0 Å². The first kappa shape index (κ1) is 22.1. The number of aryl methyl sites for hydroxylation is 2. The first-order chi connectivity index (χ1) is 18.3. The average Bonchev–Trinajstić information content (AvgIpc) is 3.48. The zero-order valence-corrected chi connectivity index (χ0v) is 21.5. The Morgan fingerprint density at radius 1 is 0.405 bits per heavy atom. The molecule has 0 heteroatoms. The molecule has 0 unspecified atom stereocenters. The van der Waals surface area contributed by atoms with Gasteiger partial charge in [0.15, 0.2) is 0 Å². The summed E-state index contributed by atoms with van der Waals surface area (Å²) in [5, 5.41) is 5.62. The normalized spacial score (nSPS) is 11.8. The molecule has 0 radical (unpaired) electrons. The highest BCUT2D eigenvalue weighted by Crippen LogP contribution is 2.49. The SMILES string of the molecule is CCCc1ccc2cccc3c2c1-c1ccccc1-3.CCc1ccc2cccc3c2c1-c1ccccc1-3. The van der Waals surface area contributed by atoms with Crippen LogP contribution in [0.25, 0.3) is 66.1 Å². The smallest absolute Gasteiger partial charge is 0.00236 e. The number of benzene rings is 6. The predicted molar refractivity (Wildman–Crippen MR) is 160 cm³/mol. The van der Waals surface area contributed by atoms with Crippen LogP contribution >= 0.6 is 0 Å². The topological polar surface area (TPSA) is 0 Å². The second-order valence-electron chi connectivity index (χ2n) is 10.2. The Labute approximate surface area is 219 Å². The maximum Gasteiger partial charge on any atom is -0.00236 e. The van der Waals surface area contributed by atoms with Crippen LogP contribution in [-0.2, 0) is 12.8 Å². The Kier molecular flexibility index (Phi) is 5.22. The van der Waals surface area contributed by atoms with Gasteiger partial charge in [-0.05, 0) is 90.0 Å². The number of hydrogen-bond acceptors (Lipinski definition) is 0. The van der Waals surface area contributed by atoms with E-state index in [9.17, 15) is 0 Å². The molecule has 0 aromatic heterocycles. The van der Waals surface area contributed by atoms with Crippen molar-refractivity contribution in [1.82, 2.24) is 0 Å². The molecule has 0 saturated carbocycles. The lowest BCUT2D eigenvalue weighted by molar-refractivity contribution is 0.925. The van der Waals surface area contributed by atoms with Gasteiger partial charge in [-0.2, -0.15) is 0 Å². The monoisotopic (exact) mass is 474 g/mol. The van der Waals surface area contributed by atoms with Gasteiger partial charge in [-0.3, -0.25) is 0 Å². The molecule has 2 aliphatic rings. The summed E-state index contributed by atoms with van der Waals surface area (Å²) in [5.74, 6) is 0. The Morgan fingerprint density at radius 3 is 1.38 bits per heavy atom. The van der Waals surface area contributed by atoms with E-state index in [1.165, 1.54) is 83.6 Å². The van der Waals surface area contributed by atoms with E-state index >= 15 is 0 Å². The van der Waals surface area contributed by atoms with Crippen LogP contribution in [0, 0.1) is 0 Å². The Hall–Kier alpha value is -4.16. The molecule has 0 aliphatic heterocycles. The van der Waals surface area contributed by atoms with E-state index in [-0.39, 0.29) is 0 Å². The quantitative estimate of drug-likeness (QED) is 0.239. The molecule has 0 spiro atoms. The van der Waals surface area contributed by atoms with Gasteiger partial charge in [0.1, 0.15) is 0 Å². The summed E-state index contributed by atoms with van der Waals surface area (Å²) >= 11 is 0. The van der Waals surface area contributed by atoms with E-state index in [1.807, 2.05) is 0 Å². The van der Waals surface area contributed by atoms with Gasteiger partial charge in [-0.25, -0.2) is 0 Å². The van der Waals surface area contributed by atoms with Crippen LogP contribution in [-0.4, -0.2) is 0 Å². The predicted octanol–water partition coefficient (Wildman–Crippen LogP) is 10.5. The molecule has 0 saturated heterocycles. The number of hydrogen-bond donors (Lipinski definition) is 0. The summed E-state index contributed by atoms with van der Waals surface area (Å²) in [6.45, 7) is 4.49. The van der Waals surface area contributed by atoms with Crippen LogP contribution in [0.5, 0.6) is 0 Å². The highest BCUT2D eigenvalue weighted by atomic mass is 14.3. The average molecular weight is 475 g/mol. The van der Waals surface area contributed by atoms with E-state index in [0.29, 0.717) is 0 Å². The molecule has 0 amide bonds. The molecule has 0 fully saturated rings. The third-order valence-electron chi connectivity index (χ3n) is 8.14. The Morgan fingerprint density at radius 2 is 0.865 bits per heavy atom. The summed E-state index contributed by atoms with van der Waals surface area (Å²) < 4.78 is 0. The maximum absolute atomic E-state index is 2.31. The second kappa shape index (κ2) is 8.75. The van der Waals surface area contributed by atoms with Gasteiger partial charge in [-0.1, -0.05) is 129 Å². The van der Waals surface area contributed by atoms with Crippen molar-refractivity contribution in [1.29, 1.82) is 0 Å². The summed E-state index contributed by atoms with van der Waals surface area (Å²) in [4.78, 5) is 0. The van der Waals surface area contributed by atoms with Crippen molar-refractivity contribution in [2.45, 2.75) is 33.1 Å². The lowest BCUT2D eigenvalue weighted by Crippen LogP contribution is -1.88. The van der Waals surface area contributed by atoms with Gasteiger partial charge in [0, 0.05) is 0 Å². The largest absolute Gasteiger partial charge is 0.0651 e. The van der Waals surface area contributed by atoms with Crippen molar-refractivity contribution in [3.05, 3.63) is 120 Å². The third kappa shape index (κ3) is 3.29. The first-order valence-corrected chi connectivity index (χ1v) is 13.6. The van der Waals surface area contributed by atoms with Gasteiger partial charge < -0.3 is 0 Å². The highest BCUT2D eigenvalue weighted by Gasteiger charge is 2.23. The number of fused-ring (bicyclic) bond motifs is 6. The summed E-state index contributed by atoms with van der Waals surface area (Å²) in [6.07, 6.45) is 3.45. The fourth-order valence-electron chi connectivity index (χ4n) is 6.55. The van der Waals surface area contributed by atoms with E-state index in [4.69, 9.17) is 0 Å². The van der Waals surface area contributed by atoms with E-state index in [1.54, 1.807) is 0 Å². The highest BCUT2D eigenvalue weighted by molar-refractivity contribution is 6.17. The molecular formula is C37H30. The maximum atomic E-state index is 2.31.